The van der Waals surface area contributed by atoms with E-state index in [0.717, 1.165) is 12.8 Å². The van der Waals surface area contributed by atoms with E-state index in [1.807, 2.05) is 6.92 Å². The van der Waals surface area contributed by atoms with Gasteiger partial charge in [-0.2, -0.15) is 0 Å². The molecular weight excluding hydrogens is 258 g/mol. The zero-order chi connectivity index (χ0) is 14.7. The van der Waals surface area contributed by atoms with Gasteiger partial charge in [0.2, 0.25) is 0 Å². The summed E-state index contributed by atoms with van der Waals surface area (Å²) in [5.41, 5.74) is 0.356. The smallest absolute Gasteiger partial charge is 0.352 e. The monoisotopic (exact) mass is 275 g/mol. The van der Waals surface area contributed by atoms with Crippen molar-refractivity contribution in [1.82, 2.24) is 4.57 Å². The lowest BCUT2D eigenvalue weighted by Gasteiger charge is -2.14. The average Bonchev–Trinajstić information content (AvgIpc) is 2.45. The topological polar surface area (TPSA) is 68.5 Å². The summed E-state index contributed by atoms with van der Waals surface area (Å²) in [7, 11) is 1.53. The highest BCUT2D eigenvalue weighted by Gasteiger charge is 2.14. The molecule has 0 atom stereocenters. The van der Waals surface area contributed by atoms with Crippen LogP contribution in [0.1, 0.15) is 30.3 Å². The number of rotatable bonds is 5. The number of aromatic carboxylic acids is 1. The Balaban J connectivity index is 2.75. The van der Waals surface area contributed by atoms with Crippen LogP contribution >= 0.6 is 0 Å². The summed E-state index contributed by atoms with van der Waals surface area (Å²) in [5.74, 6) is -0.504. The molecule has 0 radical (unpaired) electrons. The van der Waals surface area contributed by atoms with Gasteiger partial charge in [0.25, 0.3) is 0 Å². The maximum atomic E-state index is 12.1. The van der Waals surface area contributed by atoms with E-state index in [1.165, 1.54) is 13.2 Å². The summed E-state index contributed by atoms with van der Waals surface area (Å²) >= 11 is 0. The third-order valence-electron chi connectivity index (χ3n) is 3.27. The number of methoxy groups -OCH3 is 1. The second-order valence-electron chi connectivity index (χ2n) is 4.59. The molecule has 2 rings (SSSR count). The van der Waals surface area contributed by atoms with Crippen LogP contribution in [0.15, 0.2) is 29.1 Å². The first-order valence-electron chi connectivity index (χ1n) is 6.53. The average molecular weight is 275 g/mol. The van der Waals surface area contributed by atoms with Crippen LogP contribution in [0.2, 0.25) is 0 Å². The second kappa shape index (κ2) is 5.77. The van der Waals surface area contributed by atoms with Crippen molar-refractivity contribution in [2.75, 3.05) is 7.11 Å². The Morgan fingerprint density at radius 2 is 2.10 bits per heavy atom. The van der Waals surface area contributed by atoms with E-state index in [9.17, 15) is 14.7 Å². The van der Waals surface area contributed by atoms with Gasteiger partial charge < -0.3 is 14.4 Å². The number of carboxylic acids is 1. The predicted molar refractivity (Wildman–Crippen MR) is 76.6 cm³/mol. The normalized spacial score (nSPS) is 10.7. The Morgan fingerprint density at radius 1 is 1.35 bits per heavy atom. The van der Waals surface area contributed by atoms with Gasteiger partial charge in [-0.1, -0.05) is 13.3 Å². The number of aromatic nitrogens is 1. The summed E-state index contributed by atoms with van der Waals surface area (Å²) in [5, 5.41) is 9.74. The molecule has 106 valence electrons. The molecule has 0 saturated carbocycles. The number of nitrogens with zero attached hydrogens (tertiary/aromatic N) is 1. The largest absolute Gasteiger partial charge is 0.497 e. The number of carboxylic acid groups (broad SMARTS) is 1. The van der Waals surface area contributed by atoms with Crippen LogP contribution in [-0.2, 0) is 6.54 Å². The number of benzene rings is 1. The fraction of sp³-hybridized carbons (Fsp3) is 0.333. The second-order valence-corrected chi connectivity index (χ2v) is 4.59. The lowest BCUT2D eigenvalue weighted by Crippen LogP contribution is -2.18. The van der Waals surface area contributed by atoms with Gasteiger partial charge in [-0.3, -0.25) is 4.79 Å². The molecule has 20 heavy (non-hydrogen) atoms. The molecule has 1 heterocycles. The Labute approximate surface area is 116 Å². The van der Waals surface area contributed by atoms with E-state index in [0.29, 0.717) is 23.2 Å². The number of ether oxygens (including phenoxy) is 1. The van der Waals surface area contributed by atoms with Crippen LogP contribution in [0.3, 0.4) is 0 Å². The van der Waals surface area contributed by atoms with E-state index in [4.69, 9.17) is 4.74 Å². The van der Waals surface area contributed by atoms with Crippen LogP contribution in [0.5, 0.6) is 5.75 Å². The maximum absolute atomic E-state index is 12.1. The van der Waals surface area contributed by atoms with Gasteiger partial charge in [-0.05, 0) is 24.6 Å². The minimum Gasteiger partial charge on any atom is -0.497 e. The molecule has 0 spiro atoms. The molecule has 2 aromatic rings. The summed E-state index contributed by atoms with van der Waals surface area (Å²) in [4.78, 5) is 23.4. The molecular formula is C15H17NO4. The van der Waals surface area contributed by atoms with E-state index in [1.54, 1.807) is 22.8 Å². The lowest BCUT2D eigenvalue weighted by atomic mass is 10.1. The number of carbonyl (C=O) groups is 1. The summed E-state index contributed by atoms with van der Waals surface area (Å²) < 4.78 is 6.79. The first-order chi connectivity index (χ1) is 9.58. The van der Waals surface area contributed by atoms with E-state index in [2.05, 4.69) is 0 Å². The predicted octanol–water partition coefficient (Wildman–Crippen LogP) is 2.51. The summed E-state index contributed by atoms with van der Waals surface area (Å²) in [6, 6.07) is 6.29. The third kappa shape index (κ3) is 2.52. The molecule has 0 saturated heterocycles. The fourth-order valence-corrected chi connectivity index (χ4v) is 2.22. The number of pyridine rings is 1. The highest BCUT2D eigenvalue weighted by molar-refractivity contribution is 5.91. The number of unbranched alkanes of at least 4 members (excludes halogenated alkanes) is 1. The van der Waals surface area contributed by atoms with Crippen molar-refractivity contribution < 1.29 is 14.6 Å². The van der Waals surface area contributed by atoms with Gasteiger partial charge in [0.15, 0.2) is 5.43 Å². The maximum Gasteiger partial charge on any atom is 0.352 e. The quantitative estimate of drug-likeness (QED) is 0.910. The number of hydrogen-bond acceptors (Lipinski definition) is 3. The van der Waals surface area contributed by atoms with Crippen molar-refractivity contribution in [2.24, 2.45) is 0 Å². The van der Waals surface area contributed by atoms with E-state index >= 15 is 0 Å². The molecule has 0 bridgehead atoms. The molecule has 1 N–H and O–H groups in total. The standard InChI is InChI=1S/C15H17NO4/c1-3-4-7-16-12-6-5-10(20-2)8-11(12)14(17)9-13(16)15(18)19/h5-6,8-9H,3-4,7H2,1-2H3,(H,18,19). The molecule has 0 aliphatic rings. The van der Waals surface area contributed by atoms with Crippen LogP contribution in [0, 0.1) is 0 Å². The highest BCUT2D eigenvalue weighted by Crippen LogP contribution is 2.20. The van der Waals surface area contributed by atoms with Gasteiger partial charge in [0, 0.05) is 18.0 Å². The molecule has 0 unspecified atom stereocenters. The minimum atomic E-state index is -1.09. The molecule has 0 amide bonds. The Bertz CT molecular complexity index is 703. The van der Waals surface area contributed by atoms with E-state index in [-0.39, 0.29) is 11.1 Å². The highest BCUT2D eigenvalue weighted by atomic mass is 16.5. The lowest BCUT2D eigenvalue weighted by molar-refractivity contribution is 0.0684. The zero-order valence-corrected chi connectivity index (χ0v) is 11.5. The number of fused-ring (bicyclic) bond motifs is 1. The van der Waals surface area contributed by atoms with Crippen LogP contribution in [-0.4, -0.2) is 22.8 Å². The van der Waals surface area contributed by atoms with Gasteiger partial charge in [-0.25, -0.2) is 4.79 Å². The van der Waals surface area contributed by atoms with Crippen LogP contribution in [0.4, 0.5) is 0 Å². The van der Waals surface area contributed by atoms with Gasteiger partial charge in [0.05, 0.1) is 12.6 Å². The molecule has 1 aromatic carbocycles. The van der Waals surface area contributed by atoms with Crippen LogP contribution in [0.25, 0.3) is 10.9 Å². The van der Waals surface area contributed by atoms with Crippen molar-refractivity contribution >= 4 is 16.9 Å². The third-order valence-corrected chi connectivity index (χ3v) is 3.27. The molecule has 5 nitrogen and oxygen atoms in total. The van der Waals surface area contributed by atoms with Gasteiger partial charge in [0.1, 0.15) is 11.4 Å². The Morgan fingerprint density at radius 3 is 2.70 bits per heavy atom. The fourth-order valence-electron chi connectivity index (χ4n) is 2.22. The summed E-state index contributed by atoms with van der Waals surface area (Å²) in [6.07, 6.45) is 1.80. The Hall–Kier alpha value is -2.30. The van der Waals surface area contributed by atoms with Crippen molar-refractivity contribution in [3.63, 3.8) is 0 Å². The Kier molecular flexibility index (Phi) is 4.08. The molecule has 1 aromatic heterocycles. The summed E-state index contributed by atoms with van der Waals surface area (Å²) in [6.45, 7) is 2.61. The molecule has 0 fully saturated rings. The minimum absolute atomic E-state index is 0.0288. The van der Waals surface area contributed by atoms with Gasteiger partial charge in [-0.15, -0.1) is 0 Å². The van der Waals surface area contributed by atoms with Crippen molar-refractivity contribution in [3.8, 4) is 5.75 Å². The van der Waals surface area contributed by atoms with E-state index < -0.39 is 5.97 Å². The van der Waals surface area contributed by atoms with Crippen molar-refractivity contribution in [2.45, 2.75) is 26.3 Å². The molecule has 5 heteroatoms. The van der Waals surface area contributed by atoms with Crippen molar-refractivity contribution in [3.05, 3.63) is 40.2 Å². The first kappa shape index (κ1) is 14.1. The molecule has 0 aliphatic carbocycles. The SMILES string of the molecule is CCCCn1c(C(=O)O)cc(=O)c2cc(OC)ccc21. The molecule has 0 aliphatic heterocycles. The number of hydrogen-bond donors (Lipinski definition) is 1. The van der Waals surface area contributed by atoms with Crippen LogP contribution < -0.4 is 10.2 Å². The zero-order valence-electron chi connectivity index (χ0n) is 11.5. The van der Waals surface area contributed by atoms with Gasteiger partial charge >= 0.3 is 5.97 Å². The number of aryl methyl sites for hydroxylation is 1. The van der Waals surface area contributed by atoms with Crippen molar-refractivity contribution in [1.29, 1.82) is 0 Å². The first-order valence-corrected chi connectivity index (χ1v) is 6.53.